The number of hydrogen-bond donors (Lipinski definition) is 0. The minimum absolute atomic E-state index is 0.0253. The summed E-state index contributed by atoms with van der Waals surface area (Å²) in [5.74, 6) is 0.557. The van der Waals surface area contributed by atoms with E-state index in [1.165, 1.54) is 11.3 Å². The molecule has 0 amide bonds. The van der Waals surface area contributed by atoms with Crippen molar-refractivity contribution in [2.75, 3.05) is 0 Å². The molecule has 1 aromatic heterocycles. The van der Waals surface area contributed by atoms with Gasteiger partial charge in [-0.2, -0.15) is 0 Å². The van der Waals surface area contributed by atoms with E-state index in [0.29, 0.717) is 39.1 Å². The van der Waals surface area contributed by atoms with Crippen molar-refractivity contribution in [2.24, 2.45) is 5.41 Å². The van der Waals surface area contributed by atoms with Gasteiger partial charge in [-0.25, -0.2) is 0 Å². The highest BCUT2D eigenvalue weighted by Gasteiger charge is 2.36. The van der Waals surface area contributed by atoms with E-state index in [2.05, 4.69) is 13.8 Å². The van der Waals surface area contributed by atoms with E-state index in [-0.39, 0.29) is 24.2 Å². The molecular formula is C25H22Cl2O4S. The van der Waals surface area contributed by atoms with Crippen molar-refractivity contribution in [3.05, 3.63) is 79.5 Å². The van der Waals surface area contributed by atoms with Crippen molar-refractivity contribution in [3.8, 4) is 11.5 Å². The van der Waals surface area contributed by atoms with Crippen LogP contribution in [-0.4, -0.2) is 11.8 Å². The van der Waals surface area contributed by atoms with Crippen LogP contribution in [-0.2, 0) is 24.2 Å². The average molecular weight is 489 g/mol. The molecule has 4 rings (SSSR count). The fourth-order valence-electron chi connectivity index (χ4n) is 3.85. The number of rotatable bonds is 6. The third-order valence-electron chi connectivity index (χ3n) is 5.29. The van der Waals surface area contributed by atoms with Crippen LogP contribution in [0.25, 0.3) is 0 Å². The van der Waals surface area contributed by atoms with Crippen molar-refractivity contribution >= 4 is 46.3 Å². The molecule has 166 valence electrons. The summed E-state index contributed by atoms with van der Waals surface area (Å²) in [4.78, 5) is 27.6. The number of ketones is 1. The van der Waals surface area contributed by atoms with E-state index in [1.807, 2.05) is 0 Å². The van der Waals surface area contributed by atoms with Gasteiger partial charge in [0, 0.05) is 26.8 Å². The normalized spacial score (nSPS) is 14.7. The summed E-state index contributed by atoms with van der Waals surface area (Å²) >= 11 is 13.6. The van der Waals surface area contributed by atoms with E-state index in [4.69, 9.17) is 32.7 Å². The van der Waals surface area contributed by atoms with Gasteiger partial charge in [-0.05, 0) is 53.8 Å². The molecule has 4 nitrogen and oxygen atoms in total. The Morgan fingerprint density at radius 3 is 2.50 bits per heavy atom. The highest BCUT2D eigenvalue weighted by atomic mass is 35.5. The van der Waals surface area contributed by atoms with Crippen molar-refractivity contribution in [1.29, 1.82) is 0 Å². The Hall–Kier alpha value is -2.34. The van der Waals surface area contributed by atoms with E-state index in [9.17, 15) is 9.59 Å². The maximum absolute atomic E-state index is 13.0. The van der Waals surface area contributed by atoms with Gasteiger partial charge in [0.1, 0.15) is 18.1 Å². The molecule has 0 spiro atoms. The molecule has 0 radical (unpaired) electrons. The minimum atomic E-state index is -0.468. The van der Waals surface area contributed by atoms with Gasteiger partial charge in [0.25, 0.3) is 0 Å². The van der Waals surface area contributed by atoms with Gasteiger partial charge >= 0.3 is 5.97 Å². The number of ether oxygens (including phenoxy) is 2. The van der Waals surface area contributed by atoms with Gasteiger partial charge in [-0.15, -0.1) is 11.3 Å². The largest absolute Gasteiger partial charge is 0.488 e. The van der Waals surface area contributed by atoms with E-state index in [0.717, 1.165) is 16.2 Å². The standard InChI is InChI=1S/C25H22Cl2O4S/c1-25(2)12-19(28)24-17(11-23(29)31-20-6-4-3-5-18(20)27)22(32-21(24)13-25)14-30-16-9-7-15(26)8-10-16/h3-10H,11-14H2,1-2H3. The molecule has 0 N–H and O–H groups in total. The maximum atomic E-state index is 13.0. The monoisotopic (exact) mass is 488 g/mol. The summed E-state index contributed by atoms with van der Waals surface area (Å²) in [6.07, 6.45) is 1.20. The minimum Gasteiger partial charge on any atom is -0.488 e. The number of carbonyl (C=O) groups is 2. The number of Topliss-reactive ketones (excluding diaryl/α,β-unsaturated/α-hetero) is 1. The Morgan fingerprint density at radius 1 is 1.06 bits per heavy atom. The number of benzene rings is 2. The molecule has 0 aliphatic heterocycles. The summed E-state index contributed by atoms with van der Waals surface area (Å²) in [5.41, 5.74) is 1.23. The van der Waals surface area contributed by atoms with Gasteiger partial charge < -0.3 is 9.47 Å². The molecule has 0 unspecified atom stereocenters. The molecule has 0 fully saturated rings. The summed E-state index contributed by atoms with van der Waals surface area (Å²) in [6.45, 7) is 4.42. The number of hydrogen-bond acceptors (Lipinski definition) is 5. The highest BCUT2D eigenvalue weighted by molar-refractivity contribution is 7.12. The number of para-hydroxylation sites is 1. The molecule has 1 aliphatic rings. The molecule has 0 saturated heterocycles. The van der Waals surface area contributed by atoms with Crippen LogP contribution in [0.15, 0.2) is 48.5 Å². The van der Waals surface area contributed by atoms with Gasteiger partial charge in [-0.1, -0.05) is 49.2 Å². The molecule has 1 heterocycles. The zero-order valence-corrected chi connectivity index (χ0v) is 20.1. The van der Waals surface area contributed by atoms with Crippen LogP contribution in [0.3, 0.4) is 0 Å². The third-order valence-corrected chi connectivity index (χ3v) is 7.06. The fourth-order valence-corrected chi connectivity index (χ4v) is 5.67. The van der Waals surface area contributed by atoms with E-state index < -0.39 is 5.97 Å². The average Bonchev–Trinajstić information content (AvgIpc) is 3.05. The maximum Gasteiger partial charge on any atom is 0.315 e. The van der Waals surface area contributed by atoms with Crippen LogP contribution >= 0.6 is 34.5 Å². The SMILES string of the molecule is CC1(C)CC(=O)c2c(sc(COc3ccc(Cl)cc3)c2CC(=O)Oc2ccccc2Cl)C1. The van der Waals surface area contributed by atoms with Crippen molar-refractivity contribution in [1.82, 2.24) is 0 Å². The number of esters is 1. The quantitative estimate of drug-likeness (QED) is 0.278. The second-order valence-corrected chi connectivity index (χ2v) is 10.6. The lowest BCUT2D eigenvalue weighted by molar-refractivity contribution is -0.133. The van der Waals surface area contributed by atoms with Crippen LogP contribution < -0.4 is 9.47 Å². The second kappa shape index (κ2) is 9.26. The molecule has 32 heavy (non-hydrogen) atoms. The number of carbonyl (C=O) groups excluding carboxylic acids is 2. The number of thiophene rings is 1. The molecule has 2 aromatic carbocycles. The highest BCUT2D eigenvalue weighted by Crippen LogP contribution is 2.42. The van der Waals surface area contributed by atoms with Gasteiger partial charge in [0.2, 0.25) is 0 Å². The lowest BCUT2D eigenvalue weighted by Gasteiger charge is -2.28. The molecule has 0 bridgehead atoms. The Labute approximate surface area is 201 Å². The lowest BCUT2D eigenvalue weighted by Crippen LogP contribution is -2.27. The summed E-state index contributed by atoms with van der Waals surface area (Å²) in [7, 11) is 0. The van der Waals surface area contributed by atoms with Crippen molar-refractivity contribution in [3.63, 3.8) is 0 Å². The zero-order valence-electron chi connectivity index (χ0n) is 17.7. The molecular weight excluding hydrogens is 467 g/mol. The third kappa shape index (κ3) is 5.17. The first-order chi connectivity index (χ1) is 15.2. The van der Waals surface area contributed by atoms with Gasteiger partial charge in [0.15, 0.2) is 5.78 Å². The van der Waals surface area contributed by atoms with Crippen molar-refractivity contribution < 1.29 is 19.1 Å². The molecule has 0 saturated carbocycles. The zero-order chi connectivity index (χ0) is 22.9. The van der Waals surface area contributed by atoms with Gasteiger partial charge in [-0.3, -0.25) is 9.59 Å². The van der Waals surface area contributed by atoms with Crippen LogP contribution in [0.5, 0.6) is 11.5 Å². The Bertz CT molecular complexity index is 1170. The van der Waals surface area contributed by atoms with Crippen molar-refractivity contribution in [2.45, 2.75) is 39.7 Å². The van der Waals surface area contributed by atoms with E-state index in [1.54, 1.807) is 48.5 Å². The second-order valence-electron chi connectivity index (χ2n) is 8.57. The summed E-state index contributed by atoms with van der Waals surface area (Å²) in [6, 6.07) is 13.9. The summed E-state index contributed by atoms with van der Waals surface area (Å²) < 4.78 is 11.4. The Kier molecular flexibility index (Phi) is 6.61. The predicted octanol–water partition coefficient (Wildman–Crippen LogP) is 6.94. The first kappa shape index (κ1) is 22.8. The Balaban J connectivity index is 1.62. The molecule has 3 aromatic rings. The predicted molar refractivity (Wildman–Crippen MR) is 127 cm³/mol. The van der Waals surface area contributed by atoms with Crippen LogP contribution in [0, 0.1) is 5.41 Å². The van der Waals surface area contributed by atoms with Crippen LogP contribution in [0.1, 0.15) is 45.9 Å². The van der Waals surface area contributed by atoms with Crippen LogP contribution in [0.4, 0.5) is 0 Å². The first-order valence-corrected chi connectivity index (χ1v) is 11.8. The smallest absolute Gasteiger partial charge is 0.315 e. The fraction of sp³-hybridized carbons (Fsp3) is 0.280. The number of halogens is 2. The molecule has 1 aliphatic carbocycles. The first-order valence-electron chi connectivity index (χ1n) is 10.2. The summed E-state index contributed by atoms with van der Waals surface area (Å²) in [5, 5.41) is 0.983. The van der Waals surface area contributed by atoms with E-state index >= 15 is 0 Å². The number of fused-ring (bicyclic) bond motifs is 1. The lowest BCUT2D eigenvalue weighted by atomic mass is 9.76. The molecule has 0 atom stereocenters. The Morgan fingerprint density at radius 2 is 1.78 bits per heavy atom. The van der Waals surface area contributed by atoms with Gasteiger partial charge in [0.05, 0.1) is 11.4 Å². The topological polar surface area (TPSA) is 52.6 Å². The molecule has 7 heteroatoms. The van der Waals surface area contributed by atoms with Crippen LogP contribution in [0.2, 0.25) is 10.0 Å².